The number of ether oxygens (including phenoxy) is 1. The first kappa shape index (κ1) is 16.9. The summed E-state index contributed by atoms with van der Waals surface area (Å²) in [6.07, 6.45) is 1.43. The average Bonchev–Trinajstić information content (AvgIpc) is 3.08. The van der Waals surface area contributed by atoms with Gasteiger partial charge in [0.1, 0.15) is 11.3 Å². The molecule has 8 heteroatoms. The maximum absolute atomic E-state index is 12.4. The highest BCUT2D eigenvalue weighted by atomic mass is 32.1. The molecule has 0 aliphatic carbocycles. The zero-order chi connectivity index (χ0) is 19.0. The minimum Gasteiger partial charge on any atom is -0.495 e. The lowest BCUT2D eigenvalue weighted by Gasteiger charge is -2.14. The highest BCUT2D eigenvalue weighted by Crippen LogP contribution is 2.28. The summed E-state index contributed by atoms with van der Waals surface area (Å²) in [4.78, 5) is 23.7. The van der Waals surface area contributed by atoms with E-state index in [1.807, 2.05) is 24.3 Å². The zero-order valence-corrected chi connectivity index (χ0v) is 15.0. The normalized spacial score (nSPS) is 12.1. The lowest BCUT2D eigenvalue weighted by Crippen LogP contribution is -2.19. The second-order valence-electron chi connectivity index (χ2n) is 5.72. The van der Waals surface area contributed by atoms with Crippen LogP contribution in [-0.2, 0) is 0 Å². The summed E-state index contributed by atoms with van der Waals surface area (Å²) in [6, 6.07) is 14.4. The van der Waals surface area contributed by atoms with Gasteiger partial charge < -0.3 is 9.84 Å². The molecule has 2 aromatic carbocycles. The van der Waals surface area contributed by atoms with Gasteiger partial charge >= 0.3 is 0 Å². The number of hydrogen-bond acceptors (Lipinski definition) is 6. The van der Waals surface area contributed by atoms with E-state index < -0.39 is 5.56 Å². The predicted molar refractivity (Wildman–Crippen MR) is 102 cm³/mol. The Kier molecular flexibility index (Phi) is 4.17. The van der Waals surface area contributed by atoms with Crippen LogP contribution in [0.4, 0.5) is 0 Å². The molecule has 0 radical (unpaired) electrons. The molecule has 27 heavy (non-hydrogen) atoms. The Balaban J connectivity index is 1.94. The summed E-state index contributed by atoms with van der Waals surface area (Å²) >= 11 is 5.24. The lowest BCUT2D eigenvalue weighted by molar-refractivity contribution is 0.402. The number of aromatic amines is 1. The van der Waals surface area contributed by atoms with E-state index in [-0.39, 0.29) is 16.2 Å². The van der Waals surface area contributed by atoms with Crippen LogP contribution in [0.5, 0.6) is 11.6 Å². The number of benzene rings is 2. The molecule has 134 valence electrons. The van der Waals surface area contributed by atoms with Crippen molar-refractivity contribution in [1.82, 2.24) is 9.55 Å². The third-order valence-corrected chi connectivity index (χ3v) is 4.36. The van der Waals surface area contributed by atoms with E-state index in [2.05, 4.69) is 15.0 Å². The van der Waals surface area contributed by atoms with Crippen molar-refractivity contribution >= 4 is 18.3 Å². The molecule has 1 aliphatic rings. The summed E-state index contributed by atoms with van der Waals surface area (Å²) in [7, 11) is 1.52. The van der Waals surface area contributed by atoms with Gasteiger partial charge in [0.05, 0.1) is 23.5 Å². The summed E-state index contributed by atoms with van der Waals surface area (Å²) in [5.74, 6) is 0.500. The van der Waals surface area contributed by atoms with Crippen molar-refractivity contribution in [3.8, 4) is 17.3 Å². The van der Waals surface area contributed by atoms with Crippen LogP contribution in [0.3, 0.4) is 0 Å². The minimum atomic E-state index is -0.530. The summed E-state index contributed by atoms with van der Waals surface area (Å²) < 4.78 is 6.72. The third-order valence-electron chi connectivity index (χ3n) is 4.07. The van der Waals surface area contributed by atoms with Gasteiger partial charge in [0.15, 0.2) is 10.6 Å². The third kappa shape index (κ3) is 2.96. The molecule has 0 fully saturated rings. The number of aromatic hydroxyl groups is 1. The van der Waals surface area contributed by atoms with Crippen molar-refractivity contribution < 1.29 is 9.84 Å². The van der Waals surface area contributed by atoms with Crippen molar-refractivity contribution in [2.24, 2.45) is 9.98 Å². The van der Waals surface area contributed by atoms with Gasteiger partial charge in [0.2, 0.25) is 5.88 Å². The van der Waals surface area contributed by atoms with Gasteiger partial charge in [-0.05, 0) is 36.5 Å². The number of para-hydroxylation sites is 4. The maximum Gasteiger partial charge on any atom is 0.262 e. The van der Waals surface area contributed by atoms with E-state index in [9.17, 15) is 9.90 Å². The number of rotatable bonds is 3. The van der Waals surface area contributed by atoms with Crippen LogP contribution in [0, 0.1) is 4.77 Å². The monoisotopic (exact) mass is 378 g/mol. The SMILES string of the molecule is COc1ccccc1-n1c(O)c(C=C2N=c3ccccc3=N2)c(=O)[nH]c1=S. The topological polar surface area (TPSA) is 92.0 Å². The van der Waals surface area contributed by atoms with Crippen LogP contribution in [0.15, 0.2) is 69.1 Å². The number of methoxy groups -OCH3 is 1. The van der Waals surface area contributed by atoms with Crippen LogP contribution in [0.1, 0.15) is 5.56 Å². The molecule has 0 atom stereocenters. The Labute approximate surface area is 158 Å². The highest BCUT2D eigenvalue weighted by molar-refractivity contribution is 7.71. The Morgan fingerprint density at radius 2 is 1.74 bits per heavy atom. The molecule has 0 unspecified atom stereocenters. The zero-order valence-electron chi connectivity index (χ0n) is 14.2. The molecule has 7 nitrogen and oxygen atoms in total. The van der Waals surface area contributed by atoms with Crippen molar-refractivity contribution in [3.05, 3.63) is 85.8 Å². The first-order chi connectivity index (χ1) is 13.1. The first-order valence-corrected chi connectivity index (χ1v) is 8.45. The lowest BCUT2D eigenvalue weighted by atomic mass is 10.2. The molecular weight excluding hydrogens is 364 g/mol. The summed E-state index contributed by atoms with van der Waals surface area (Å²) in [5, 5.41) is 12.2. The highest BCUT2D eigenvalue weighted by Gasteiger charge is 2.16. The van der Waals surface area contributed by atoms with Crippen LogP contribution >= 0.6 is 12.2 Å². The van der Waals surface area contributed by atoms with E-state index in [0.29, 0.717) is 28.0 Å². The van der Waals surface area contributed by atoms with E-state index >= 15 is 0 Å². The fourth-order valence-electron chi connectivity index (χ4n) is 2.83. The molecule has 2 N–H and O–H groups in total. The van der Waals surface area contributed by atoms with Crippen molar-refractivity contribution in [2.45, 2.75) is 0 Å². The Hall–Kier alpha value is -3.52. The number of fused-ring (bicyclic) bond motifs is 1. The standard InChI is InChI=1S/C19H14N4O3S/c1-26-15-9-5-4-8-14(15)23-18(25)11(17(24)22-19(23)27)10-16-20-12-6-2-3-7-13(12)21-16/h2-10,25H,1H3,(H,22,24,27). The molecule has 1 aliphatic heterocycles. The van der Waals surface area contributed by atoms with Crippen LogP contribution in [0.2, 0.25) is 0 Å². The molecule has 2 heterocycles. The maximum atomic E-state index is 12.4. The smallest absolute Gasteiger partial charge is 0.262 e. The van der Waals surface area contributed by atoms with E-state index in [1.165, 1.54) is 17.8 Å². The number of hydrogen-bond donors (Lipinski definition) is 2. The van der Waals surface area contributed by atoms with Gasteiger partial charge in [-0.3, -0.25) is 14.3 Å². The number of nitrogens with one attached hydrogen (secondary N) is 1. The second-order valence-corrected chi connectivity index (χ2v) is 6.11. The van der Waals surface area contributed by atoms with E-state index in [0.717, 1.165) is 0 Å². The van der Waals surface area contributed by atoms with Crippen molar-refractivity contribution in [3.63, 3.8) is 0 Å². The largest absolute Gasteiger partial charge is 0.495 e. The van der Waals surface area contributed by atoms with Gasteiger partial charge in [-0.1, -0.05) is 24.3 Å². The van der Waals surface area contributed by atoms with Gasteiger partial charge in [-0.25, -0.2) is 9.98 Å². The van der Waals surface area contributed by atoms with Gasteiger partial charge in [0, 0.05) is 6.08 Å². The van der Waals surface area contributed by atoms with Gasteiger partial charge in [0.25, 0.3) is 5.56 Å². The molecule has 0 saturated carbocycles. The molecule has 0 bridgehead atoms. The fraction of sp³-hybridized carbons (Fsp3) is 0.0526. The van der Waals surface area contributed by atoms with Gasteiger partial charge in [-0.2, -0.15) is 0 Å². The summed E-state index contributed by atoms with van der Waals surface area (Å²) in [5.41, 5.74) is -0.0238. The average molecular weight is 378 g/mol. The van der Waals surface area contributed by atoms with E-state index in [4.69, 9.17) is 17.0 Å². The van der Waals surface area contributed by atoms with Crippen LogP contribution in [-0.4, -0.2) is 21.8 Å². The Morgan fingerprint density at radius 1 is 1.11 bits per heavy atom. The number of nitrogens with zero attached hydrogens (tertiary/aromatic N) is 3. The number of aromatic nitrogens is 2. The Morgan fingerprint density at radius 3 is 2.41 bits per heavy atom. The molecule has 1 aromatic heterocycles. The first-order valence-electron chi connectivity index (χ1n) is 8.04. The Bertz CT molecular complexity index is 1280. The van der Waals surface area contributed by atoms with Crippen LogP contribution in [0.25, 0.3) is 11.8 Å². The molecule has 0 saturated heterocycles. The minimum absolute atomic E-state index is 0.00446. The molecule has 0 spiro atoms. The number of H-pyrrole nitrogens is 1. The van der Waals surface area contributed by atoms with E-state index in [1.54, 1.807) is 24.3 Å². The predicted octanol–water partition coefficient (Wildman–Crippen LogP) is 1.86. The van der Waals surface area contributed by atoms with Crippen molar-refractivity contribution in [1.29, 1.82) is 0 Å². The quantitative estimate of drug-likeness (QED) is 0.681. The fourth-order valence-corrected chi connectivity index (χ4v) is 3.10. The second kappa shape index (κ2) is 6.65. The van der Waals surface area contributed by atoms with Crippen molar-refractivity contribution in [2.75, 3.05) is 7.11 Å². The molecular formula is C19H14N4O3S. The molecule has 0 amide bonds. The molecule has 4 rings (SSSR count). The van der Waals surface area contributed by atoms with Crippen LogP contribution < -0.4 is 21.0 Å². The summed E-state index contributed by atoms with van der Waals surface area (Å²) in [6.45, 7) is 0. The molecule has 3 aromatic rings. The van der Waals surface area contributed by atoms with Gasteiger partial charge in [-0.15, -0.1) is 0 Å².